The van der Waals surface area contributed by atoms with Gasteiger partial charge in [0, 0.05) is 29.7 Å². The van der Waals surface area contributed by atoms with Crippen LogP contribution in [-0.4, -0.2) is 41.8 Å². The molecule has 0 aliphatic carbocycles. The lowest BCUT2D eigenvalue weighted by atomic mass is 10.2. The molecule has 0 radical (unpaired) electrons. The average Bonchev–Trinajstić information content (AvgIpc) is 2.38. The number of rotatable bonds is 3. The summed E-state index contributed by atoms with van der Waals surface area (Å²) in [5.41, 5.74) is 5.37. The van der Waals surface area contributed by atoms with Crippen molar-refractivity contribution in [3.63, 3.8) is 0 Å². The molecule has 1 fully saturated rings. The summed E-state index contributed by atoms with van der Waals surface area (Å²) in [6, 6.07) is 3.54. The van der Waals surface area contributed by atoms with E-state index in [1.165, 1.54) is 16.4 Å². The second kappa shape index (κ2) is 5.97. The van der Waals surface area contributed by atoms with Crippen molar-refractivity contribution in [1.82, 2.24) is 4.31 Å². The Morgan fingerprint density at radius 2 is 2.25 bits per heavy atom. The Morgan fingerprint density at radius 3 is 2.85 bits per heavy atom. The van der Waals surface area contributed by atoms with E-state index in [1.807, 2.05) is 6.92 Å². The Morgan fingerprint density at radius 1 is 1.55 bits per heavy atom. The molecule has 1 unspecified atom stereocenters. The molecule has 0 bridgehead atoms. The molecule has 2 N–H and O–H groups in total. The predicted molar refractivity (Wildman–Crippen MR) is 83.0 cm³/mol. The Bertz CT molecular complexity index is 634. The maximum Gasteiger partial charge on any atom is 0.243 e. The molecule has 110 valence electrons. The van der Waals surface area contributed by atoms with Crippen LogP contribution in [0, 0.1) is 5.82 Å². The minimum atomic E-state index is -3.63. The van der Waals surface area contributed by atoms with Crippen LogP contribution in [0.25, 0.3) is 0 Å². The Labute approximate surface area is 127 Å². The van der Waals surface area contributed by atoms with Crippen molar-refractivity contribution in [3.05, 3.63) is 29.6 Å². The standard InChI is InChI=1S/C12H15FN2O2S3/c1-8-7-15(4-5-19-8)20(16,17)9-2-3-11(13)10(6-9)12(14)18/h2-3,6,8H,4-5,7H2,1H3,(H2,14,18). The maximum atomic E-state index is 13.5. The van der Waals surface area contributed by atoms with Gasteiger partial charge >= 0.3 is 0 Å². The van der Waals surface area contributed by atoms with Gasteiger partial charge in [-0.05, 0) is 18.2 Å². The maximum absolute atomic E-state index is 13.5. The van der Waals surface area contributed by atoms with E-state index in [-0.39, 0.29) is 20.7 Å². The summed E-state index contributed by atoms with van der Waals surface area (Å²) in [5.74, 6) is 0.142. The zero-order valence-electron chi connectivity index (χ0n) is 10.9. The number of hydrogen-bond acceptors (Lipinski definition) is 4. The number of benzene rings is 1. The van der Waals surface area contributed by atoms with Gasteiger partial charge in [0.1, 0.15) is 10.8 Å². The van der Waals surface area contributed by atoms with Crippen LogP contribution >= 0.6 is 24.0 Å². The zero-order chi connectivity index (χ0) is 14.9. The van der Waals surface area contributed by atoms with Gasteiger partial charge in [0.2, 0.25) is 10.0 Å². The summed E-state index contributed by atoms with van der Waals surface area (Å²) >= 11 is 6.47. The number of thioether (sulfide) groups is 1. The highest BCUT2D eigenvalue weighted by atomic mass is 32.2. The minimum Gasteiger partial charge on any atom is -0.389 e. The molecule has 1 aromatic rings. The van der Waals surface area contributed by atoms with Crippen molar-refractivity contribution in [2.45, 2.75) is 17.1 Å². The molecule has 1 aliphatic heterocycles. The summed E-state index contributed by atoms with van der Waals surface area (Å²) in [4.78, 5) is -0.122. The third-order valence-corrected chi connectivity index (χ3v) is 6.26. The molecular formula is C12H15FN2O2S3. The molecular weight excluding hydrogens is 319 g/mol. The molecule has 1 atom stereocenters. The first-order valence-electron chi connectivity index (χ1n) is 6.03. The molecule has 0 aromatic heterocycles. The molecule has 20 heavy (non-hydrogen) atoms. The number of thiocarbonyl (C=S) groups is 1. The molecule has 0 amide bonds. The van der Waals surface area contributed by atoms with Gasteiger partial charge in [0.15, 0.2) is 0 Å². The van der Waals surface area contributed by atoms with Crippen LogP contribution < -0.4 is 5.73 Å². The zero-order valence-corrected chi connectivity index (χ0v) is 13.3. The smallest absolute Gasteiger partial charge is 0.243 e. The van der Waals surface area contributed by atoms with Crippen molar-refractivity contribution in [1.29, 1.82) is 0 Å². The lowest BCUT2D eigenvalue weighted by Gasteiger charge is -2.29. The number of sulfonamides is 1. The lowest BCUT2D eigenvalue weighted by Crippen LogP contribution is -2.41. The fourth-order valence-corrected chi connectivity index (χ4v) is 4.94. The number of nitrogens with zero attached hydrogens (tertiary/aromatic N) is 1. The van der Waals surface area contributed by atoms with Crippen LogP contribution in [0.15, 0.2) is 23.1 Å². The fraction of sp³-hybridized carbons (Fsp3) is 0.417. The largest absolute Gasteiger partial charge is 0.389 e. The quantitative estimate of drug-likeness (QED) is 0.851. The topological polar surface area (TPSA) is 63.4 Å². The third kappa shape index (κ3) is 3.13. The van der Waals surface area contributed by atoms with E-state index >= 15 is 0 Å². The summed E-state index contributed by atoms with van der Waals surface area (Å²) in [6.45, 7) is 2.89. The Kier molecular flexibility index (Phi) is 4.68. The van der Waals surface area contributed by atoms with Crippen molar-refractivity contribution < 1.29 is 12.8 Å². The van der Waals surface area contributed by atoms with E-state index < -0.39 is 15.8 Å². The van der Waals surface area contributed by atoms with Gasteiger partial charge in [0.25, 0.3) is 0 Å². The van der Waals surface area contributed by atoms with Gasteiger partial charge in [-0.2, -0.15) is 16.1 Å². The normalized spacial score (nSPS) is 20.8. The minimum absolute atomic E-state index is 0.0285. The molecule has 1 heterocycles. The lowest BCUT2D eigenvalue weighted by molar-refractivity contribution is 0.424. The Hall–Kier alpha value is -0.700. The number of hydrogen-bond donors (Lipinski definition) is 1. The van der Waals surface area contributed by atoms with Crippen LogP contribution in [0.5, 0.6) is 0 Å². The first-order valence-corrected chi connectivity index (χ1v) is 8.93. The molecule has 2 rings (SSSR count). The summed E-state index contributed by atoms with van der Waals surface area (Å²) < 4.78 is 40.0. The number of nitrogens with two attached hydrogens (primary N) is 1. The number of halogens is 1. The van der Waals surface area contributed by atoms with Gasteiger partial charge in [-0.1, -0.05) is 19.1 Å². The van der Waals surface area contributed by atoms with Gasteiger partial charge in [0.05, 0.1) is 4.90 Å². The summed E-state index contributed by atoms with van der Waals surface area (Å²) in [5, 5.41) is 0.244. The van der Waals surface area contributed by atoms with Crippen LogP contribution in [0.2, 0.25) is 0 Å². The van der Waals surface area contributed by atoms with Crippen molar-refractivity contribution >= 4 is 39.0 Å². The van der Waals surface area contributed by atoms with Crippen LogP contribution in [0.4, 0.5) is 4.39 Å². The summed E-state index contributed by atoms with van der Waals surface area (Å²) in [7, 11) is -3.63. The van der Waals surface area contributed by atoms with Gasteiger partial charge < -0.3 is 5.73 Å². The molecule has 0 spiro atoms. The molecule has 1 aliphatic rings. The van der Waals surface area contributed by atoms with E-state index in [2.05, 4.69) is 0 Å². The first kappa shape index (κ1) is 15.7. The van der Waals surface area contributed by atoms with Crippen LogP contribution in [-0.2, 0) is 10.0 Å². The van der Waals surface area contributed by atoms with E-state index in [4.69, 9.17) is 18.0 Å². The molecule has 0 saturated carbocycles. The summed E-state index contributed by atoms with van der Waals surface area (Å²) in [6.07, 6.45) is 0. The van der Waals surface area contributed by atoms with E-state index in [9.17, 15) is 12.8 Å². The highest BCUT2D eigenvalue weighted by Gasteiger charge is 2.29. The molecule has 1 aromatic carbocycles. The molecule has 4 nitrogen and oxygen atoms in total. The Balaban J connectivity index is 2.39. The van der Waals surface area contributed by atoms with Crippen LogP contribution in [0.1, 0.15) is 12.5 Å². The van der Waals surface area contributed by atoms with E-state index in [1.54, 1.807) is 11.8 Å². The molecule has 8 heteroatoms. The van der Waals surface area contributed by atoms with Crippen LogP contribution in [0.3, 0.4) is 0 Å². The van der Waals surface area contributed by atoms with Gasteiger partial charge in [-0.3, -0.25) is 0 Å². The fourth-order valence-electron chi connectivity index (χ4n) is 2.01. The monoisotopic (exact) mass is 334 g/mol. The average molecular weight is 334 g/mol. The van der Waals surface area contributed by atoms with Crippen molar-refractivity contribution in [3.8, 4) is 0 Å². The second-order valence-electron chi connectivity index (χ2n) is 4.55. The van der Waals surface area contributed by atoms with E-state index in [0.717, 1.165) is 11.8 Å². The highest BCUT2D eigenvalue weighted by Crippen LogP contribution is 2.25. The SMILES string of the molecule is CC1CN(S(=O)(=O)c2ccc(F)c(C(N)=S)c2)CCS1. The first-order chi connectivity index (χ1) is 9.32. The highest BCUT2D eigenvalue weighted by molar-refractivity contribution is 8.00. The van der Waals surface area contributed by atoms with Crippen molar-refractivity contribution in [2.24, 2.45) is 5.73 Å². The predicted octanol–water partition coefficient (Wildman–Crippen LogP) is 1.59. The second-order valence-corrected chi connectivity index (χ2v) is 8.47. The molecule has 1 saturated heterocycles. The third-order valence-electron chi connectivity index (χ3n) is 3.04. The van der Waals surface area contributed by atoms with E-state index in [0.29, 0.717) is 13.1 Å². The van der Waals surface area contributed by atoms with Gasteiger partial charge in [-0.15, -0.1) is 0 Å². The van der Waals surface area contributed by atoms with Crippen molar-refractivity contribution in [2.75, 3.05) is 18.8 Å². The van der Waals surface area contributed by atoms with Gasteiger partial charge in [-0.25, -0.2) is 12.8 Å².